The molecule has 0 saturated carbocycles. The lowest BCUT2D eigenvalue weighted by Gasteiger charge is -2.25. The highest BCUT2D eigenvalue weighted by Crippen LogP contribution is 2.27. The van der Waals surface area contributed by atoms with Gasteiger partial charge in [0.1, 0.15) is 0 Å². The Bertz CT molecular complexity index is 263. The second-order valence-corrected chi connectivity index (χ2v) is 4.82. The van der Waals surface area contributed by atoms with Crippen molar-refractivity contribution in [2.24, 2.45) is 5.92 Å². The molecule has 1 atom stereocenters. The maximum Gasteiger partial charge on any atom is 0.394 e. The lowest BCUT2D eigenvalue weighted by Crippen LogP contribution is -2.38. The van der Waals surface area contributed by atoms with E-state index in [9.17, 15) is 26.3 Å². The van der Waals surface area contributed by atoms with Crippen molar-refractivity contribution in [1.29, 1.82) is 0 Å². The summed E-state index contributed by atoms with van der Waals surface area (Å²) in [4.78, 5) is 1.59. The average Bonchev–Trinajstić information content (AvgIpc) is 2.47. The van der Waals surface area contributed by atoms with E-state index in [0.717, 1.165) is 0 Å². The smallest absolute Gasteiger partial charge is 0.315 e. The second kappa shape index (κ2) is 6.78. The molecular formula is C11H18F6N2. The quantitative estimate of drug-likeness (QED) is 0.633. The molecule has 0 aromatic rings. The van der Waals surface area contributed by atoms with Crippen LogP contribution in [0.25, 0.3) is 0 Å². The van der Waals surface area contributed by atoms with E-state index in [1.165, 1.54) is 0 Å². The van der Waals surface area contributed by atoms with E-state index in [-0.39, 0.29) is 32.5 Å². The van der Waals surface area contributed by atoms with Crippen LogP contribution in [0.4, 0.5) is 26.3 Å². The molecule has 1 saturated heterocycles. The monoisotopic (exact) mass is 292 g/mol. The van der Waals surface area contributed by atoms with Crippen molar-refractivity contribution in [2.75, 3.05) is 32.7 Å². The zero-order chi connectivity index (χ0) is 14.5. The van der Waals surface area contributed by atoms with Gasteiger partial charge in [-0.05, 0) is 19.4 Å². The molecule has 1 fully saturated rings. The van der Waals surface area contributed by atoms with Crippen LogP contribution in [0.3, 0.4) is 0 Å². The van der Waals surface area contributed by atoms with Crippen LogP contribution in [-0.4, -0.2) is 50.0 Å². The fraction of sp³-hybridized carbons (Fsp3) is 1.00. The number of nitrogens with one attached hydrogen (secondary N) is 1. The fourth-order valence-corrected chi connectivity index (χ4v) is 2.06. The summed E-state index contributed by atoms with van der Waals surface area (Å²) in [6, 6.07) is 0. The third kappa shape index (κ3) is 7.00. The van der Waals surface area contributed by atoms with Crippen LogP contribution < -0.4 is 5.32 Å². The van der Waals surface area contributed by atoms with Gasteiger partial charge in [0.15, 0.2) is 0 Å². The molecule has 8 heteroatoms. The van der Waals surface area contributed by atoms with Gasteiger partial charge in [0, 0.05) is 32.6 Å². The first-order valence-corrected chi connectivity index (χ1v) is 6.25. The highest BCUT2D eigenvalue weighted by molar-refractivity contribution is 4.78. The summed E-state index contributed by atoms with van der Waals surface area (Å²) in [7, 11) is 0. The Morgan fingerprint density at radius 2 is 1.74 bits per heavy atom. The molecule has 1 rings (SSSR count). The molecule has 0 spiro atoms. The molecule has 1 aliphatic rings. The van der Waals surface area contributed by atoms with E-state index in [4.69, 9.17) is 0 Å². The minimum absolute atomic E-state index is 0.0376. The van der Waals surface area contributed by atoms with Crippen LogP contribution in [0.15, 0.2) is 0 Å². The van der Waals surface area contributed by atoms with E-state index in [0.29, 0.717) is 13.1 Å². The molecule has 0 aromatic heterocycles. The predicted molar refractivity (Wildman–Crippen MR) is 58.8 cm³/mol. The number of unbranched alkanes of at least 4 members (excludes halogenated alkanes) is 1. The first-order valence-electron chi connectivity index (χ1n) is 6.25. The van der Waals surface area contributed by atoms with E-state index in [1.54, 1.807) is 4.90 Å². The van der Waals surface area contributed by atoms with Gasteiger partial charge in [-0.1, -0.05) is 0 Å². The molecule has 0 radical (unpaired) electrons. The number of rotatable bonds is 4. The maximum atomic E-state index is 12.6. The van der Waals surface area contributed by atoms with Crippen LogP contribution in [0, 0.1) is 5.92 Å². The number of alkyl halides is 6. The Balaban J connectivity index is 2.32. The van der Waals surface area contributed by atoms with Gasteiger partial charge in [0.25, 0.3) is 0 Å². The van der Waals surface area contributed by atoms with Crippen molar-refractivity contribution in [3.05, 3.63) is 0 Å². The number of hydrogen-bond donors (Lipinski definition) is 1. The summed E-state index contributed by atoms with van der Waals surface area (Å²) in [6.07, 6.45) is -9.09. The molecule has 114 valence electrons. The summed E-state index contributed by atoms with van der Waals surface area (Å²) < 4.78 is 73.7. The Morgan fingerprint density at radius 3 is 2.32 bits per heavy atom. The Morgan fingerprint density at radius 1 is 1.05 bits per heavy atom. The van der Waals surface area contributed by atoms with Crippen LogP contribution >= 0.6 is 0 Å². The normalized spacial score (nSPS) is 23.4. The maximum absolute atomic E-state index is 12.6. The zero-order valence-corrected chi connectivity index (χ0v) is 10.4. The van der Waals surface area contributed by atoms with Crippen molar-refractivity contribution in [2.45, 2.75) is 31.6 Å². The molecule has 0 bridgehead atoms. The topological polar surface area (TPSA) is 15.3 Å². The van der Waals surface area contributed by atoms with Gasteiger partial charge >= 0.3 is 12.4 Å². The first kappa shape index (κ1) is 16.6. The van der Waals surface area contributed by atoms with Crippen molar-refractivity contribution >= 4 is 0 Å². The third-order valence-corrected chi connectivity index (χ3v) is 3.12. The highest BCUT2D eigenvalue weighted by Gasteiger charge is 2.40. The Kier molecular flexibility index (Phi) is 5.91. The van der Waals surface area contributed by atoms with Gasteiger partial charge in [-0.15, -0.1) is 0 Å². The largest absolute Gasteiger partial charge is 0.394 e. The minimum atomic E-state index is -4.26. The summed E-state index contributed by atoms with van der Waals surface area (Å²) in [6.45, 7) is 0.903. The van der Waals surface area contributed by atoms with E-state index in [2.05, 4.69) is 5.32 Å². The van der Waals surface area contributed by atoms with Crippen molar-refractivity contribution < 1.29 is 26.3 Å². The SMILES string of the molecule is FC(F)(F)CCCCN1CCNCC(C(F)(F)F)C1. The Hall–Kier alpha value is -0.500. The summed E-state index contributed by atoms with van der Waals surface area (Å²) >= 11 is 0. The zero-order valence-electron chi connectivity index (χ0n) is 10.4. The van der Waals surface area contributed by atoms with Crippen LogP contribution in [0.1, 0.15) is 19.3 Å². The van der Waals surface area contributed by atoms with Gasteiger partial charge < -0.3 is 10.2 Å². The highest BCUT2D eigenvalue weighted by atomic mass is 19.4. The van der Waals surface area contributed by atoms with Gasteiger partial charge in [-0.25, -0.2) is 0 Å². The molecule has 0 aromatic carbocycles. The van der Waals surface area contributed by atoms with Crippen LogP contribution in [0.2, 0.25) is 0 Å². The lowest BCUT2D eigenvalue weighted by molar-refractivity contribution is -0.175. The molecule has 2 nitrogen and oxygen atoms in total. The first-order chi connectivity index (χ1) is 8.68. The standard InChI is InChI=1S/C11H18F6N2/c12-10(13,14)3-1-2-5-19-6-4-18-7-9(8-19)11(15,16)17/h9,18H,1-8H2. The van der Waals surface area contributed by atoms with Crippen molar-refractivity contribution in [1.82, 2.24) is 10.2 Å². The Labute approximate surface area is 108 Å². The lowest BCUT2D eigenvalue weighted by atomic mass is 10.1. The molecule has 1 heterocycles. The van der Waals surface area contributed by atoms with Gasteiger partial charge in [-0.2, -0.15) is 26.3 Å². The number of nitrogens with zero attached hydrogens (tertiary/aromatic N) is 1. The summed E-state index contributed by atoms with van der Waals surface area (Å²) in [5, 5.41) is 2.71. The van der Waals surface area contributed by atoms with E-state index < -0.39 is 24.7 Å². The van der Waals surface area contributed by atoms with Gasteiger partial charge in [0.2, 0.25) is 0 Å². The molecular weight excluding hydrogens is 274 g/mol. The second-order valence-electron chi connectivity index (χ2n) is 4.82. The fourth-order valence-electron chi connectivity index (χ4n) is 2.06. The third-order valence-electron chi connectivity index (χ3n) is 3.12. The van der Waals surface area contributed by atoms with Crippen molar-refractivity contribution in [3.63, 3.8) is 0 Å². The van der Waals surface area contributed by atoms with Gasteiger partial charge in [-0.3, -0.25) is 0 Å². The molecule has 0 amide bonds. The van der Waals surface area contributed by atoms with E-state index >= 15 is 0 Å². The molecule has 19 heavy (non-hydrogen) atoms. The number of halogens is 6. The van der Waals surface area contributed by atoms with Crippen LogP contribution in [-0.2, 0) is 0 Å². The van der Waals surface area contributed by atoms with Crippen LogP contribution in [0.5, 0.6) is 0 Å². The summed E-state index contributed by atoms with van der Waals surface area (Å²) in [5.41, 5.74) is 0. The van der Waals surface area contributed by atoms with Crippen molar-refractivity contribution in [3.8, 4) is 0 Å². The average molecular weight is 292 g/mol. The summed E-state index contributed by atoms with van der Waals surface area (Å²) in [5.74, 6) is -1.45. The minimum Gasteiger partial charge on any atom is -0.315 e. The molecule has 1 unspecified atom stereocenters. The predicted octanol–water partition coefficient (Wildman–Crippen LogP) is 2.80. The van der Waals surface area contributed by atoms with E-state index in [1.807, 2.05) is 0 Å². The van der Waals surface area contributed by atoms with Gasteiger partial charge in [0.05, 0.1) is 5.92 Å². The molecule has 0 aliphatic carbocycles. The molecule has 1 aliphatic heterocycles. The molecule has 1 N–H and O–H groups in total. The number of hydrogen-bond acceptors (Lipinski definition) is 2.